The molecule has 1 aromatic carbocycles. The predicted molar refractivity (Wildman–Crippen MR) is 66.0 cm³/mol. The summed E-state index contributed by atoms with van der Waals surface area (Å²) in [6, 6.07) is 1.68. The smallest absolute Gasteiger partial charge is 0.257 e. The third-order valence-corrected chi connectivity index (χ3v) is 3.59. The van der Waals surface area contributed by atoms with E-state index in [4.69, 9.17) is 4.52 Å². The van der Waals surface area contributed by atoms with Gasteiger partial charge >= 0.3 is 0 Å². The van der Waals surface area contributed by atoms with Gasteiger partial charge in [0.1, 0.15) is 0 Å². The maximum atomic E-state index is 13.7. The molecule has 21 heavy (non-hydrogen) atoms. The maximum Gasteiger partial charge on any atom is 0.257 e. The van der Waals surface area contributed by atoms with Crippen LogP contribution in [-0.2, 0) is 13.0 Å². The number of hydrogen-bond acceptors (Lipinski definition) is 3. The molecule has 0 aliphatic carbocycles. The van der Waals surface area contributed by atoms with Gasteiger partial charge in [-0.05, 0) is 25.5 Å². The van der Waals surface area contributed by atoms with E-state index in [0.29, 0.717) is 18.7 Å². The van der Waals surface area contributed by atoms with Gasteiger partial charge in [0.2, 0.25) is 0 Å². The molecule has 0 unspecified atom stereocenters. The van der Waals surface area contributed by atoms with E-state index >= 15 is 0 Å². The lowest BCUT2D eigenvalue weighted by Gasteiger charge is -2.25. The van der Waals surface area contributed by atoms with E-state index in [-0.39, 0.29) is 6.54 Å². The second-order valence-corrected chi connectivity index (χ2v) is 4.87. The van der Waals surface area contributed by atoms with Crippen LogP contribution in [0.1, 0.15) is 27.4 Å². The predicted octanol–water partition coefficient (Wildman–Crippen LogP) is 2.60. The molecule has 4 nitrogen and oxygen atoms in total. The lowest BCUT2D eigenvalue weighted by molar-refractivity contribution is 0.0709. The summed E-state index contributed by atoms with van der Waals surface area (Å²) in [7, 11) is 0. The molecule has 0 radical (unpaired) electrons. The molecule has 0 fully saturated rings. The molecule has 1 amide bonds. The zero-order chi connectivity index (χ0) is 15.1. The fraction of sp³-hybridized carbons (Fsp3) is 0.286. The zero-order valence-electron chi connectivity index (χ0n) is 11.1. The van der Waals surface area contributed by atoms with Crippen LogP contribution in [0, 0.1) is 24.4 Å². The number of nitrogens with zero attached hydrogens (tertiary/aromatic N) is 2. The molecule has 1 aliphatic heterocycles. The van der Waals surface area contributed by atoms with Crippen LogP contribution >= 0.6 is 0 Å². The molecular weight excluding hydrogens is 285 g/mol. The lowest BCUT2D eigenvalue weighted by Crippen LogP contribution is -2.36. The first-order chi connectivity index (χ1) is 9.99. The summed E-state index contributed by atoms with van der Waals surface area (Å²) in [5, 5.41) is 3.81. The van der Waals surface area contributed by atoms with Crippen molar-refractivity contribution in [3.8, 4) is 0 Å². The molecule has 3 rings (SSSR count). The normalized spacial score (nSPS) is 14.2. The van der Waals surface area contributed by atoms with Crippen molar-refractivity contribution in [2.24, 2.45) is 0 Å². The number of carbonyl (C=O) groups is 1. The fourth-order valence-corrected chi connectivity index (χ4v) is 2.41. The summed E-state index contributed by atoms with van der Waals surface area (Å²) in [5.74, 6) is -4.61. The van der Waals surface area contributed by atoms with Crippen LogP contribution in [0.25, 0.3) is 0 Å². The Morgan fingerprint density at radius 2 is 2.05 bits per heavy atom. The monoisotopic (exact) mass is 296 g/mol. The van der Waals surface area contributed by atoms with Crippen LogP contribution in [0.3, 0.4) is 0 Å². The molecule has 0 N–H and O–H groups in total. The van der Waals surface area contributed by atoms with Gasteiger partial charge in [0.15, 0.2) is 23.2 Å². The highest BCUT2D eigenvalue weighted by Gasteiger charge is 2.29. The van der Waals surface area contributed by atoms with Crippen LogP contribution in [0.15, 0.2) is 16.7 Å². The van der Waals surface area contributed by atoms with Crippen molar-refractivity contribution in [3.05, 3.63) is 52.2 Å². The quantitative estimate of drug-likeness (QED) is 0.760. The van der Waals surface area contributed by atoms with E-state index in [9.17, 15) is 18.0 Å². The summed E-state index contributed by atoms with van der Waals surface area (Å²) in [6.07, 6.45) is 0.529. The number of fused-ring (bicyclic) bond motifs is 1. The molecule has 0 spiro atoms. The van der Waals surface area contributed by atoms with Crippen LogP contribution in [0.4, 0.5) is 13.2 Å². The summed E-state index contributed by atoms with van der Waals surface area (Å²) >= 11 is 0. The molecule has 7 heteroatoms. The van der Waals surface area contributed by atoms with Crippen molar-refractivity contribution in [1.82, 2.24) is 10.1 Å². The highest BCUT2D eigenvalue weighted by molar-refractivity contribution is 5.94. The number of aryl methyl sites for hydroxylation is 1. The van der Waals surface area contributed by atoms with Gasteiger partial charge < -0.3 is 9.42 Å². The number of rotatable bonds is 1. The second kappa shape index (κ2) is 4.91. The number of aromatic nitrogens is 1. The number of benzene rings is 1. The minimum atomic E-state index is -1.64. The molecule has 110 valence electrons. The van der Waals surface area contributed by atoms with Gasteiger partial charge in [-0.25, -0.2) is 13.2 Å². The van der Waals surface area contributed by atoms with Crippen molar-refractivity contribution >= 4 is 5.91 Å². The number of amides is 1. The Morgan fingerprint density at radius 3 is 2.81 bits per heavy atom. The molecule has 0 saturated heterocycles. The standard InChI is InChI=1S/C14H11F3N2O2/c1-7-8-4-5-19(6-11(8)21-18-7)14(20)9-2-3-10(15)13(17)12(9)16/h2-3H,4-6H2,1H3. The Labute approximate surface area is 118 Å². The minimum absolute atomic E-state index is 0.132. The van der Waals surface area contributed by atoms with Gasteiger partial charge in [0.25, 0.3) is 5.91 Å². The largest absolute Gasteiger partial charge is 0.359 e. The van der Waals surface area contributed by atoms with Crippen LogP contribution in [0.5, 0.6) is 0 Å². The van der Waals surface area contributed by atoms with E-state index in [1.165, 1.54) is 4.90 Å². The van der Waals surface area contributed by atoms with E-state index in [1.807, 2.05) is 0 Å². The van der Waals surface area contributed by atoms with Crippen molar-refractivity contribution in [3.63, 3.8) is 0 Å². The van der Waals surface area contributed by atoms with Gasteiger partial charge in [0.05, 0.1) is 17.8 Å². The Bertz CT molecular complexity index is 727. The maximum absolute atomic E-state index is 13.7. The first kappa shape index (κ1) is 13.7. The van der Waals surface area contributed by atoms with Crippen molar-refractivity contribution in [2.45, 2.75) is 19.9 Å². The molecule has 2 aromatic rings. The molecular formula is C14H11F3N2O2. The molecule has 1 aromatic heterocycles. The Kier molecular flexibility index (Phi) is 3.19. The van der Waals surface area contributed by atoms with Gasteiger partial charge in [-0.3, -0.25) is 4.79 Å². The number of carbonyl (C=O) groups excluding carboxylic acids is 1. The lowest BCUT2D eigenvalue weighted by atomic mass is 10.0. The number of hydrogen-bond donors (Lipinski definition) is 0. The van der Waals surface area contributed by atoms with E-state index in [2.05, 4.69) is 5.16 Å². The first-order valence-corrected chi connectivity index (χ1v) is 6.36. The van der Waals surface area contributed by atoms with Gasteiger partial charge in [-0.1, -0.05) is 5.16 Å². The van der Waals surface area contributed by atoms with Gasteiger partial charge in [-0.2, -0.15) is 0 Å². The topological polar surface area (TPSA) is 46.3 Å². The van der Waals surface area contributed by atoms with Gasteiger partial charge in [0, 0.05) is 12.1 Å². The van der Waals surface area contributed by atoms with Crippen molar-refractivity contribution < 1.29 is 22.5 Å². The second-order valence-electron chi connectivity index (χ2n) is 4.87. The summed E-state index contributed by atoms with van der Waals surface area (Å²) in [5.41, 5.74) is 1.20. The van der Waals surface area contributed by atoms with E-state index in [0.717, 1.165) is 23.4 Å². The van der Waals surface area contributed by atoms with Crippen LogP contribution in [-0.4, -0.2) is 22.5 Å². The average molecular weight is 296 g/mol. The fourth-order valence-electron chi connectivity index (χ4n) is 2.41. The van der Waals surface area contributed by atoms with Crippen molar-refractivity contribution in [1.29, 1.82) is 0 Å². The molecule has 0 saturated carbocycles. The van der Waals surface area contributed by atoms with Crippen molar-refractivity contribution in [2.75, 3.05) is 6.54 Å². The summed E-state index contributed by atoms with van der Waals surface area (Å²) in [6.45, 7) is 2.27. The van der Waals surface area contributed by atoms with Gasteiger partial charge in [-0.15, -0.1) is 0 Å². The Balaban J connectivity index is 1.89. The highest BCUT2D eigenvalue weighted by atomic mass is 19.2. The third-order valence-electron chi connectivity index (χ3n) is 3.59. The molecule has 0 bridgehead atoms. The average Bonchev–Trinajstić information content (AvgIpc) is 2.85. The summed E-state index contributed by atoms with van der Waals surface area (Å²) < 4.78 is 44.9. The SMILES string of the molecule is Cc1noc2c1CCN(C(=O)c1ccc(F)c(F)c1F)C2. The van der Waals surface area contributed by atoms with E-state index in [1.54, 1.807) is 6.92 Å². The highest BCUT2D eigenvalue weighted by Crippen LogP contribution is 2.24. The third kappa shape index (κ3) is 2.18. The molecule has 2 heterocycles. The van der Waals surface area contributed by atoms with Crippen LogP contribution in [0.2, 0.25) is 0 Å². The minimum Gasteiger partial charge on any atom is -0.359 e. The molecule has 1 aliphatic rings. The summed E-state index contributed by atoms with van der Waals surface area (Å²) in [4.78, 5) is 13.6. The molecule has 0 atom stereocenters. The van der Waals surface area contributed by atoms with Crippen LogP contribution < -0.4 is 0 Å². The first-order valence-electron chi connectivity index (χ1n) is 6.36. The van der Waals surface area contributed by atoms with E-state index < -0.39 is 28.9 Å². The number of halogens is 3. The Morgan fingerprint density at radius 1 is 1.29 bits per heavy atom. The Hall–Kier alpha value is -2.31. The zero-order valence-corrected chi connectivity index (χ0v) is 11.1.